The highest BCUT2D eigenvalue weighted by Crippen LogP contribution is 2.28. The van der Waals surface area contributed by atoms with Crippen LogP contribution in [-0.4, -0.2) is 93.8 Å². The molecule has 7 nitrogen and oxygen atoms in total. The Balaban J connectivity index is 1.63. The average molecular weight is 438 g/mol. The zero-order chi connectivity index (χ0) is 22.3. The predicted molar refractivity (Wildman–Crippen MR) is 125 cm³/mol. The molecule has 2 N–H and O–H groups in total. The third-order valence-electron chi connectivity index (χ3n) is 5.78. The lowest BCUT2D eigenvalue weighted by atomic mass is 10.2. The van der Waals surface area contributed by atoms with E-state index in [1.54, 1.807) is 7.11 Å². The lowest BCUT2D eigenvalue weighted by molar-refractivity contribution is 0.0371. The molecule has 1 aliphatic heterocycles. The van der Waals surface area contributed by atoms with E-state index in [4.69, 9.17) is 14.2 Å². The van der Waals surface area contributed by atoms with Crippen molar-refractivity contribution in [2.24, 2.45) is 0 Å². The monoisotopic (exact) mass is 437 g/mol. The molecule has 0 saturated carbocycles. The van der Waals surface area contributed by atoms with Crippen LogP contribution in [0.1, 0.15) is 38.7 Å². The molecule has 1 aromatic carbocycles. The second kappa shape index (κ2) is 15.4. The van der Waals surface area contributed by atoms with Crippen LogP contribution in [0.4, 0.5) is 0 Å². The number of methoxy groups -OCH3 is 1. The van der Waals surface area contributed by atoms with E-state index < -0.39 is 6.10 Å². The second-order valence-electron chi connectivity index (χ2n) is 8.13. The van der Waals surface area contributed by atoms with Gasteiger partial charge in [-0.25, -0.2) is 0 Å². The molecule has 1 atom stereocenters. The number of nitrogens with one attached hydrogen (secondary N) is 1. The molecule has 2 rings (SSSR count). The summed E-state index contributed by atoms with van der Waals surface area (Å²) in [7, 11) is 1.65. The molecule has 1 saturated heterocycles. The van der Waals surface area contributed by atoms with Gasteiger partial charge in [0.15, 0.2) is 11.5 Å². The third-order valence-corrected chi connectivity index (χ3v) is 5.78. The number of ether oxygens (including phenoxy) is 3. The van der Waals surface area contributed by atoms with E-state index in [-0.39, 0.29) is 6.61 Å². The molecular formula is C24H43N3O4. The zero-order valence-corrected chi connectivity index (χ0v) is 19.8. The molecule has 1 aliphatic rings. The van der Waals surface area contributed by atoms with Crippen LogP contribution in [0.5, 0.6) is 11.5 Å². The smallest absolute Gasteiger partial charge is 0.161 e. The van der Waals surface area contributed by atoms with Gasteiger partial charge in [-0.3, -0.25) is 4.90 Å². The lowest BCUT2D eigenvalue weighted by Gasteiger charge is -2.26. The van der Waals surface area contributed by atoms with E-state index in [1.807, 2.05) is 12.1 Å². The van der Waals surface area contributed by atoms with Gasteiger partial charge in [0.1, 0.15) is 12.7 Å². The molecule has 0 bridgehead atoms. The number of rotatable bonds is 16. The molecule has 0 radical (unpaired) electrons. The molecule has 0 amide bonds. The van der Waals surface area contributed by atoms with E-state index in [9.17, 15) is 5.11 Å². The van der Waals surface area contributed by atoms with Gasteiger partial charge >= 0.3 is 0 Å². The average Bonchev–Trinajstić information content (AvgIpc) is 2.81. The topological polar surface area (TPSA) is 66.4 Å². The van der Waals surface area contributed by atoms with Gasteiger partial charge in [0.25, 0.3) is 0 Å². The largest absolute Gasteiger partial charge is 0.493 e. The number of nitrogens with zero attached hydrogens (tertiary/aromatic N) is 2. The van der Waals surface area contributed by atoms with Gasteiger partial charge in [0.2, 0.25) is 0 Å². The zero-order valence-electron chi connectivity index (χ0n) is 19.8. The van der Waals surface area contributed by atoms with E-state index in [0.29, 0.717) is 18.0 Å². The number of likely N-dealkylation sites (N-methyl/N-ethyl adjacent to an activating group) is 1. The van der Waals surface area contributed by atoms with E-state index in [2.05, 4.69) is 35.0 Å². The van der Waals surface area contributed by atoms with Crippen molar-refractivity contribution in [1.29, 1.82) is 0 Å². The summed E-state index contributed by atoms with van der Waals surface area (Å²) in [5.41, 5.74) is 1.17. The number of aliphatic hydroxyl groups excluding tert-OH is 1. The Labute approximate surface area is 188 Å². The van der Waals surface area contributed by atoms with Crippen LogP contribution < -0.4 is 14.8 Å². The maximum Gasteiger partial charge on any atom is 0.161 e. The minimum Gasteiger partial charge on any atom is -0.493 e. The first-order valence-corrected chi connectivity index (χ1v) is 11.9. The van der Waals surface area contributed by atoms with Crippen LogP contribution in [0.3, 0.4) is 0 Å². The van der Waals surface area contributed by atoms with Crippen molar-refractivity contribution in [3.8, 4) is 11.5 Å². The quantitative estimate of drug-likeness (QED) is 0.385. The molecular weight excluding hydrogens is 394 g/mol. The molecule has 0 aliphatic carbocycles. The van der Waals surface area contributed by atoms with Crippen molar-refractivity contribution in [2.45, 2.75) is 45.8 Å². The first-order valence-electron chi connectivity index (χ1n) is 11.9. The highest BCUT2D eigenvalue weighted by atomic mass is 16.5. The van der Waals surface area contributed by atoms with Crippen LogP contribution >= 0.6 is 0 Å². The first kappa shape index (κ1) is 25.9. The standard InChI is InChI=1S/C24H43N3O4/c1-4-26(5-2)19-22(28)20-31-23-10-9-21(17-24(23)29-3)18-25-11-7-6-8-12-27-13-15-30-16-14-27/h9-10,17,22,25,28H,4-8,11-16,18-20H2,1-3H3. The summed E-state index contributed by atoms with van der Waals surface area (Å²) in [6.45, 7) is 13.8. The van der Waals surface area contributed by atoms with Crippen molar-refractivity contribution < 1.29 is 19.3 Å². The van der Waals surface area contributed by atoms with Gasteiger partial charge in [-0.2, -0.15) is 0 Å². The maximum atomic E-state index is 10.2. The molecule has 1 fully saturated rings. The Bertz CT molecular complexity index is 592. The first-order chi connectivity index (χ1) is 15.2. The predicted octanol–water partition coefficient (Wildman–Crippen LogP) is 2.37. The minimum atomic E-state index is -0.519. The highest BCUT2D eigenvalue weighted by molar-refractivity contribution is 5.43. The summed E-state index contributed by atoms with van der Waals surface area (Å²) in [4.78, 5) is 4.68. The molecule has 178 valence electrons. The van der Waals surface area contributed by atoms with Crippen molar-refractivity contribution in [2.75, 3.05) is 72.7 Å². The van der Waals surface area contributed by atoms with Gasteiger partial charge in [0, 0.05) is 26.2 Å². The number of benzene rings is 1. The molecule has 1 unspecified atom stereocenters. The van der Waals surface area contributed by atoms with Gasteiger partial charge < -0.3 is 29.5 Å². The van der Waals surface area contributed by atoms with Crippen LogP contribution in [0, 0.1) is 0 Å². The molecule has 7 heteroatoms. The van der Waals surface area contributed by atoms with Crippen molar-refractivity contribution in [3.63, 3.8) is 0 Å². The fraction of sp³-hybridized carbons (Fsp3) is 0.750. The fourth-order valence-electron chi connectivity index (χ4n) is 3.78. The number of morpholine rings is 1. The third kappa shape index (κ3) is 10.2. The fourth-order valence-corrected chi connectivity index (χ4v) is 3.78. The Hall–Kier alpha value is -1.38. The molecule has 1 aromatic rings. The summed E-state index contributed by atoms with van der Waals surface area (Å²) in [5, 5.41) is 13.7. The lowest BCUT2D eigenvalue weighted by Crippen LogP contribution is -2.36. The summed E-state index contributed by atoms with van der Waals surface area (Å²) in [6.07, 6.45) is 3.17. The van der Waals surface area contributed by atoms with Gasteiger partial charge in [-0.15, -0.1) is 0 Å². The van der Waals surface area contributed by atoms with Crippen LogP contribution in [0.15, 0.2) is 18.2 Å². The molecule has 31 heavy (non-hydrogen) atoms. The summed E-state index contributed by atoms with van der Waals surface area (Å²) < 4.78 is 16.7. The van der Waals surface area contributed by atoms with Crippen molar-refractivity contribution >= 4 is 0 Å². The van der Waals surface area contributed by atoms with Gasteiger partial charge in [-0.05, 0) is 56.7 Å². The SMILES string of the molecule is CCN(CC)CC(O)COc1ccc(CNCCCCCN2CCOCC2)cc1OC. The molecule has 1 heterocycles. The normalized spacial score (nSPS) is 15.9. The Morgan fingerprint density at radius 2 is 1.90 bits per heavy atom. The highest BCUT2D eigenvalue weighted by Gasteiger charge is 2.12. The number of unbranched alkanes of at least 4 members (excludes halogenated alkanes) is 2. The number of hydrogen-bond acceptors (Lipinski definition) is 7. The van der Waals surface area contributed by atoms with E-state index in [0.717, 1.165) is 52.5 Å². The Morgan fingerprint density at radius 1 is 1.13 bits per heavy atom. The second-order valence-corrected chi connectivity index (χ2v) is 8.13. The Kier molecular flexibility index (Phi) is 12.9. The van der Waals surface area contributed by atoms with E-state index >= 15 is 0 Å². The van der Waals surface area contributed by atoms with Gasteiger partial charge in [0.05, 0.1) is 20.3 Å². The van der Waals surface area contributed by atoms with Crippen molar-refractivity contribution in [1.82, 2.24) is 15.1 Å². The minimum absolute atomic E-state index is 0.259. The maximum absolute atomic E-state index is 10.2. The van der Waals surface area contributed by atoms with Gasteiger partial charge in [-0.1, -0.05) is 26.3 Å². The number of hydrogen-bond donors (Lipinski definition) is 2. The van der Waals surface area contributed by atoms with Crippen LogP contribution in [0.2, 0.25) is 0 Å². The molecule has 0 spiro atoms. The van der Waals surface area contributed by atoms with Crippen molar-refractivity contribution in [3.05, 3.63) is 23.8 Å². The van der Waals surface area contributed by atoms with Crippen LogP contribution in [-0.2, 0) is 11.3 Å². The summed E-state index contributed by atoms with van der Waals surface area (Å²) in [6, 6.07) is 6.00. The summed E-state index contributed by atoms with van der Waals surface area (Å²) in [5.74, 6) is 1.38. The summed E-state index contributed by atoms with van der Waals surface area (Å²) >= 11 is 0. The van der Waals surface area contributed by atoms with Crippen LogP contribution in [0.25, 0.3) is 0 Å². The van der Waals surface area contributed by atoms with E-state index in [1.165, 1.54) is 31.4 Å². The number of aliphatic hydroxyl groups is 1. The molecule has 0 aromatic heterocycles. The Morgan fingerprint density at radius 3 is 2.61 bits per heavy atom.